The van der Waals surface area contributed by atoms with Gasteiger partial charge in [-0.15, -0.1) is 0 Å². The number of halogens is 2. The summed E-state index contributed by atoms with van der Waals surface area (Å²) in [7, 11) is 0. The van der Waals surface area contributed by atoms with Gasteiger partial charge in [0.25, 0.3) is 0 Å². The molecule has 0 aromatic heterocycles. The maximum atomic E-state index is 12.9. The predicted octanol–water partition coefficient (Wildman–Crippen LogP) is 3.12. The molecule has 0 bridgehead atoms. The van der Waals surface area contributed by atoms with Crippen LogP contribution in [0.3, 0.4) is 0 Å². The fraction of sp³-hybridized carbons (Fsp3) is 0.538. The molecular formula is C13H19F2NO. The molecule has 0 saturated heterocycles. The monoisotopic (exact) mass is 243 g/mol. The van der Waals surface area contributed by atoms with Crippen molar-refractivity contribution in [2.45, 2.75) is 32.7 Å². The van der Waals surface area contributed by atoms with Gasteiger partial charge in [-0.1, -0.05) is 13.8 Å². The first kappa shape index (κ1) is 13.9. The highest BCUT2D eigenvalue weighted by Gasteiger charge is 2.07. The zero-order chi connectivity index (χ0) is 12.7. The topological polar surface area (TPSA) is 21.3 Å². The molecule has 17 heavy (non-hydrogen) atoms. The fourth-order valence-electron chi connectivity index (χ4n) is 1.48. The first-order valence-electron chi connectivity index (χ1n) is 5.98. The summed E-state index contributed by atoms with van der Waals surface area (Å²) in [6.07, 6.45) is 1.96. The van der Waals surface area contributed by atoms with Gasteiger partial charge in [-0.25, -0.2) is 8.78 Å². The van der Waals surface area contributed by atoms with Crippen molar-refractivity contribution in [3.05, 3.63) is 29.8 Å². The van der Waals surface area contributed by atoms with Gasteiger partial charge in [0.15, 0.2) is 0 Å². The Hall–Kier alpha value is -1.16. The molecule has 1 aromatic carbocycles. The van der Waals surface area contributed by atoms with Crippen molar-refractivity contribution in [3.8, 4) is 5.75 Å². The van der Waals surface area contributed by atoms with Gasteiger partial charge in [-0.2, -0.15) is 0 Å². The lowest BCUT2D eigenvalue weighted by Crippen LogP contribution is -2.34. The molecule has 0 amide bonds. The van der Waals surface area contributed by atoms with Crippen LogP contribution >= 0.6 is 0 Å². The molecule has 0 saturated carbocycles. The zero-order valence-electron chi connectivity index (χ0n) is 10.3. The number of hydrogen-bond donors (Lipinski definition) is 1. The Bertz CT molecular complexity index is 324. The molecule has 1 atom stereocenters. The Balaban J connectivity index is 2.47. The number of nitrogens with one attached hydrogen (secondary N) is 1. The van der Waals surface area contributed by atoms with E-state index in [9.17, 15) is 8.78 Å². The van der Waals surface area contributed by atoms with Crippen LogP contribution in [0.2, 0.25) is 0 Å². The highest BCUT2D eigenvalue weighted by atomic mass is 19.1. The standard InChI is InChI=1S/C13H19F2NO/c1-3-5-16-12(4-2)9-17-13-7-10(14)6-11(15)8-13/h6-8,12,16H,3-5,9H2,1-2H3. The third kappa shape index (κ3) is 5.13. The van der Waals surface area contributed by atoms with Crippen molar-refractivity contribution in [2.24, 2.45) is 0 Å². The minimum absolute atomic E-state index is 0.210. The van der Waals surface area contributed by atoms with Gasteiger partial charge in [0.2, 0.25) is 0 Å². The van der Waals surface area contributed by atoms with Crippen LogP contribution in [0.1, 0.15) is 26.7 Å². The second-order valence-electron chi connectivity index (χ2n) is 3.98. The molecule has 0 aliphatic heterocycles. The van der Waals surface area contributed by atoms with E-state index in [1.54, 1.807) is 0 Å². The lowest BCUT2D eigenvalue weighted by molar-refractivity contribution is 0.258. The normalized spacial score (nSPS) is 12.5. The van der Waals surface area contributed by atoms with Crippen LogP contribution in [-0.2, 0) is 0 Å². The van der Waals surface area contributed by atoms with Crippen molar-refractivity contribution in [1.29, 1.82) is 0 Å². The van der Waals surface area contributed by atoms with Crippen LogP contribution in [-0.4, -0.2) is 19.2 Å². The van der Waals surface area contributed by atoms with E-state index < -0.39 is 11.6 Å². The first-order valence-corrected chi connectivity index (χ1v) is 5.98. The van der Waals surface area contributed by atoms with E-state index in [1.165, 1.54) is 12.1 Å². The molecule has 1 aromatic rings. The molecule has 0 spiro atoms. The SMILES string of the molecule is CCCNC(CC)COc1cc(F)cc(F)c1. The Kier molecular flexibility index (Phi) is 5.91. The number of ether oxygens (including phenoxy) is 1. The van der Waals surface area contributed by atoms with Gasteiger partial charge in [0.05, 0.1) is 0 Å². The molecule has 0 aliphatic rings. The summed E-state index contributed by atoms with van der Waals surface area (Å²) in [4.78, 5) is 0. The quantitative estimate of drug-likeness (QED) is 0.794. The summed E-state index contributed by atoms with van der Waals surface area (Å²) in [5.74, 6) is -0.997. The average Bonchev–Trinajstić information content (AvgIpc) is 2.28. The lowest BCUT2D eigenvalue weighted by atomic mass is 10.2. The Morgan fingerprint density at radius 1 is 1.18 bits per heavy atom. The van der Waals surface area contributed by atoms with Gasteiger partial charge < -0.3 is 10.1 Å². The molecule has 96 valence electrons. The van der Waals surface area contributed by atoms with Crippen LogP contribution in [0.15, 0.2) is 18.2 Å². The van der Waals surface area contributed by atoms with Crippen LogP contribution in [0, 0.1) is 11.6 Å². The summed E-state index contributed by atoms with van der Waals surface area (Å²) >= 11 is 0. The molecule has 0 radical (unpaired) electrons. The van der Waals surface area contributed by atoms with Crippen LogP contribution < -0.4 is 10.1 Å². The maximum absolute atomic E-state index is 12.9. The molecule has 0 fully saturated rings. The lowest BCUT2D eigenvalue weighted by Gasteiger charge is -2.17. The minimum Gasteiger partial charge on any atom is -0.492 e. The summed E-state index contributed by atoms with van der Waals surface area (Å²) in [6, 6.07) is 3.42. The number of rotatable bonds is 7. The predicted molar refractivity (Wildman–Crippen MR) is 64.2 cm³/mol. The van der Waals surface area contributed by atoms with E-state index in [0.717, 1.165) is 25.5 Å². The van der Waals surface area contributed by atoms with Gasteiger partial charge >= 0.3 is 0 Å². The molecular weight excluding hydrogens is 224 g/mol. The van der Waals surface area contributed by atoms with Crippen molar-refractivity contribution >= 4 is 0 Å². The molecule has 4 heteroatoms. The second kappa shape index (κ2) is 7.22. The van der Waals surface area contributed by atoms with E-state index in [2.05, 4.69) is 12.2 Å². The minimum atomic E-state index is -0.616. The summed E-state index contributed by atoms with van der Waals surface area (Å²) in [6.45, 7) is 5.46. The van der Waals surface area contributed by atoms with E-state index >= 15 is 0 Å². The van der Waals surface area contributed by atoms with E-state index in [4.69, 9.17) is 4.74 Å². The molecule has 1 rings (SSSR count). The fourth-order valence-corrected chi connectivity index (χ4v) is 1.48. The van der Waals surface area contributed by atoms with Crippen LogP contribution in [0.4, 0.5) is 8.78 Å². The second-order valence-corrected chi connectivity index (χ2v) is 3.98. The molecule has 2 nitrogen and oxygen atoms in total. The largest absolute Gasteiger partial charge is 0.492 e. The van der Waals surface area contributed by atoms with Gasteiger partial charge in [0, 0.05) is 24.2 Å². The van der Waals surface area contributed by atoms with Crippen molar-refractivity contribution in [3.63, 3.8) is 0 Å². The third-order valence-corrected chi connectivity index (χ3v) is 2.46. The molecule has 1 unspecified atom stereocenters. The summed E-state index contributed by atoms with van der Waals surface area (Å²) in [5.41, 5.74) is 0. The van der Waals surface area contributed by atoms with Crippen molar-refractivity contribution in [2.75, 3.05) is 13.2 Å². The van der Waals surface area contributed by atoms with Crippen molar-refractivity contribution in [1.82, 2.24) is 5.32 Å². The number of benzene rings is 1. The van der Waals surface area contributed by atoms with E-state index in [1.807, 2.05) is 6.92 Å². The maximum Gasteiger partial charge on any atom is 0.129 e. The summed E-state index contributed by atoms with van der Waals surface area (Å²) in [5, 5.41) is 3.31. The van der Waals surface area contributed by atoms with E-state index in [-0.39, 0.29) is 11.8 Å². The molecule has 0 aliphatic carbocycles. The molecule has 0 heterocycles. The van der Waals surface area contributed by atoms with Crippen LogP contribution in [0.5, 0.6) is 5.75 Å². The Labute approximate surface area is 101 Å². The highest BCUT2D eigenvalue weighted by Crippen LogP contribution is 2.15. The van der Waals surface area contributed by atoms with Gasteiger partial charge in [-0.05, 0) is 19.4 Å². The van der Waals surface area contributed by atoms with E-state index in [0.29, 0.717) is 6.61 Å². The third-order valence-electron chi connectivity index (χ3n) is 2.46. The Morgan fingerprint density at radius 2 is 1.82 bits per heavy atom. The smallest absolute Gasteiger partial charge is 0.129 e. The summed E-state index contributed by atoms with van der Waals surface area (Å²) < 4.78 is 31.2. The first-order chi connectivity index (χ1) is 8.15. The van der Waals surface area contributed by atoms with Crippen LogP contribution in [0.25, 0.3) is 0 Å². The molecule has 1 N–H and O–H groups in total. The van der Waals surface area contributed by atoms with Gasteiger partial charge in [-0.3, -0.25) is 0 Å². The highest BCUT2D eigenvalue weighted by molar-refractivity contribution is 5.23. The van der Waals surface area contributed by atoms with Crippen molar-refractivity contribution < 1.29 is 13.5 Å². The average molecular weight is 243 g/mol. The Morgan fingerprint density at radius 3 is 2.35 bits per heavy atom. The van der Waals surface area contributed by atoms with Gasteiger partial charge in [0.1, 0.15) is 24.0 Å². The number of hydrogen-bond acceptors (Lipinski definition) is 2. The zero-order valence-corrected chi connectivity index (χ0v) is 10.3.